The molecule has 0 saturated heterocycles. The molecule has 8 nitrogen and oxygen atoms in total. The quantitative estimate of drug-likeness (QED) is 0.253. The molecule has 0 aliphatic rings. The van der Waals surface area contributed by atoms with E-state index in [0.717, 1.165) is 37.5 Å². The number of non-ortho nitro benzene ring substituents is 1. The van der Waals surface area contributed by atoms with Gasteiger partial charge in [-0.2, -0.15) is 8.42 Å². The Kier molecular flexibility index (Phi) is 4.94. The first-order valence-electron chi connectivity index (χ1n) is 5.20. The van der Waals surface area contributed by atoms with Gasteiger partial charge in [0.25, 0.3) is 15.8 Å². The van der Waals surface area contributed by atoms with Gasteiger partial charge in [0.1, 0.15) is 0 Å². The number of hydrogen-bond donors (Lipinski definition) is 0. The van der Waals surface area contributed by atoms with Gasteiger partial charge in [0.05, 0.1) is 16.9 Å². The molecule has 0 bridgehead atoms. The predicted molar refractivity (Wildman–Crippen MR) is 67.4 cm³/mol. The van der Waals surface area contributed by atoms with Crippen LogP contribution in [0.1, 0.15) is 0 Å². The molecule has 0 radical (unpaired) electrons. The van der Waals surface area contributed by atoms with Crippen molar-refractivity contribution in [3.05, 3.63) is 47.0 Å². The summed E-state index contributed by atoms with van der Waals surface area (Å²) in [5, 5.41) is 10.5. The van der Waals surface area contributed by atoms with E-state index < -0.39 is 27.1 Å². The van der Waals surface area contributed by atoms with Crippen LogP contribution in [-0.2, 0) is 23.8 Å². The number of carbonyl (C=O) groups excluding carboxylic acids is 1. The molecule has 1 aromatic rings. The summed E-state index contributed by atoms with van der Waals surface area (Å²) in [6, 6.07) is 4.03. The van der Waals surface area contributed by atoms with Gasteiger partial charge in [-0.1, -0.05) is 12.7 Å². The molecule has 0 fully saturated rings. The van der Waals surface area contributed by atoms with E-state index in [1.54, 1.807) is 0 Å². The highest BCUT2D eigenvalue weighted by Crippen LogP contribution is 2.19. The topological polar surface area (TPSA) is 113 Å². The number of nitrogens with zero attached hydrogens (tertiary/aromatic N) is 1. The van der Waals surface area contributed by atoms with Gasteiger partial charge in [-0.3, -0.25) is 10.1 Å². The van der Waals surface area contributed by atoms with Crippen molar-refractivity contribution in [3.63, 3.8) is 0 Å². The number of hydrogen-bond acceptors (Lipinski definition) is 7. The number of carbonyl (C=O) groups is 1. The van der Waals surface area contributed by atoms with E-state index in [1.807, 2.05) is 0 Å². The first kappa shape index (κ1) is 15.8. The molecule has 0 amide bonds. The molecule has 0 aromatic heterocycles. The molecule has 0 spiro atoms. The third-order valence-corrected chi connectivity index (χ3v) is 3.52. The molecule has 0 N–H and O–H groups in total. The largest absolute Gasteiger partial charge is 0.467 e. The Morgan fingerprint density at radius 1 is 1.40 bits per heavy atom. The van der Waals surface area contributed by atoms with Crippen molar-refractivity contribution in [2.75, 3.05) is 7.11 Å². The lowest BCUT2D eigenvalue weighted by molar-refractivity contribution is -0.384. The maximum absolute atomic E-state index is 11.9. The van der Waals surface area contributed by atoms with Crippen LogP contribution in [0.15, 0.2) is 41.8 Å². The molecule has 1 aromatic carbocycles. The van der Waals surface area contributed by atoms with E-state index in [9.17, 15) is 23.3 Å². The molecule has 0 aliphatic heterocycles. The highest BCUT2D eigenvalue weighted by atomic mass is 32.2. The molecule has 1 rings (SSSR count). The SMILES string of the molecule is C=CC(OS(=O)(=O)c1ccc([N+](=O)[O-])cc1)C(=O)OC. The number of benzene rings is 1. The molecule has 0 aliphatic carbocycles. The van der Waals surface area contributed by atoms with Gasteiger partial charge in [-0.05, 0) is 12.1 Å². The van der Waals surface area contributed by atoms with Gasteiger partial charge in [0.15, 0.2) is 6.10 Å². The molecule has 0 saturated carbocycles. The van der Waals surface area contributed by atoms with Crippen LogP contribution in [-0.4, -0.2) is 32.5 Å². The monoisotopic (exact) mass is 301 g/mol. The van der Waals surface area contributed by atoms with Crippen molar-refractivity contribution in [2.24, 2.45) is 0 Å². The van der Waals surface area contributed by atoms with E-state index in [4.69, 9.17) is 0 Å². The van der Waals surface area contributed by atoms with Crippen LogP contribution in [0.4, 0.5) is 5.69 Å². The number of nitro benzene ring substituents is 1. The van der Waals surface area contributed by atoms with Crippen LogP contribution in [0, 0.1) is 10.1 Å². The summed E-state index contributed by atoms with van der Waals surface area (Å²) in [6.07, 6.45) is -0.519. The van der Waals surface area contributed by atoms with Crippen LogP contribution in [0.3, 0.4) is 0 Å². The molecule has 1 atom stereocenters. The molecule has 108 valence electrons. The van der Waals surface area contributed by atoms with Gasteiger partial charge in [0.2, 0.25) is 0 Å². The van der Waals surface area contributed by atoms with Crippen LogP contribution >= 0.6 is 0 Å². The Hall–Kier alpha value is -2.26. The normalized spacial score (nSPS) is 12.4. The molecule has 1 unspecified atom stereocenters. The van der Waals surface area contributed by atoms with Crippen molar-refractivity contribution in [1.29, 1.82) is 0 Å². The van der Waals surface area contributed by atoms with Crippen molar-refractivity contribution >= 4 is 21.8 Å². The summed E-state index contributed by atoms with van der Waals surface area (Å²) in [6.45, 7) is 3.27. The number of nitro groups is 1. The Bertz CT molecular complexity index is 621. The maximum atomic E-state index is 11.9. The van der Waals surface area contributed by atoms with E-state index in [1.165, 1.54) is 0 Å². The fraction of sp³-hybridized carbons (Fsp3) is 0.182. The minimum absolute atomic E-state index is 0.266. The van der Waals surface area contributed by atoms with Gasteiger partial charge >= 0.3 is 5.97 Å². The first-order valence-corrected chi connectivity index (χ1v) is 6.60. The summed E-state index contributed by atoms with van der Waals surface area (Å²) < 4.78 is 32.7. The highest BCUT2D eigenvalue weighted by molar-refractivity contribution is 7.86. The molecule has 9 heteroatoms. The minimum atomic E-state index is -4.26. The number of esters is 1. The Morgan fingerprint density at radius 3 is 2.35 bits per heavy atom. The van der Waals surface area contributed by atoms with Gasteiger partial charge in [0, 0.05) is 12.1 Å². The second-order valence-corrected chi connectivity index (χ2v) is 5.05. The summed E-state index contributed by atoms with van der Waals surface area (Å²) in [4.78, 5) is 20.7. The second kappa shape index (κ2) is 6.26. The van der Waals surface area contributed by atoms with E-state index in [-0.39, 0.29) is 10.6 Å². The van der Waals surface area contributed by atoms with E-state index >= 15 is 0 Å². The Morgan fingerprint density at radius 2 is 1.95 bits per heavy atom. The summed E-state index contributed by atoms with van der Waals surface area (Å²) in [5.41, 5.74) is -0.266. The first-order chi connectivity index (χ1) is 9.31. The van der Waals surface area contributed by atoms with E-state index in [0.29, 0.717) is 0 Å². The second-order valence-electron chi connectivity index (χ2n) is 3.48. The average molecular weight is 301 g/mol. The Balaban J connectivity index is 3.01. The zero-order valence-corrected chi connectivity index (χ0v) is 11.2. The zero-order valence-electron chi connectivity index (χ0n) is 10.4. The van der Waals surface area contributed by atoms with Crippen molar-refractivity contribution < 1.29 is 27.1 Å². The average Bonchev–Trinajstić information content (AvgIpc) is 2.44. The van der Waals surface area contributed by atoms with Crippen LogP contribution < -0.4 is 0 Å². The number of rotatable bonds is 6. The smallest absolute Gasteiger partial charge is 0.340 e. The summed E-state index contributed by atoms with van der Waals surface area (Å²) in [7, 11) is -3.19. The molecule has 0 heterocycles. The number of methoxy groups -OCH3 is 1. The van der Waals surface area contributed by atoms with Crippen molar-refractivity contribution in [2.45, 2.75) is 11.0 Å². The van der Waals surface area contributed by atoms with Gasteiger partial charge in [-0.25, -0.2) is 8.98 Å². The standard InChI is InChI=1S/C11H11NO7S/c1-3-10(11(13)18-2)19-20(16,17)9-6-4-8(5-7-9)12(14)15/h3-7,10H,1H2,2H3. The summed E-state index contributed by atoms with van der Waals surface area (Å²) >= 11 is 0. The third-order valence-electron chi connectivity index (χ3n) is 2.21. The van der Waals surface area contributed by atoms with E-state index in [2.05, 4.69) is 15.5 Å². The lowest BCUT2D eigenvalue weighted by Crippen LogP contribution is -2.26. The number of ether oxygens (including phenoxy) is 1. The molecular formula is C11H11NO7S. The van der Waals surface area contributed by atoms with Gasteiger partial charge in [-0.15, -0.1) is 0 Å². The lowest BCUT2D eigenvalue weighted by atomic mass is 10.3. The predicted octanol–water partition coefficient (Wildman–Crippen LogP) is 1.03. The molecule has 20 heavy (non-hydrogen) atoms. The highest BCUT2D eigenvalue weighted by Gasteiger charge is 2.26. The zero-order chi connectivity index (χ0) is 15.3. The molecular weight excluding hydrogens is 290 g/mol. The maximum Gasteiger partial charge on any atom is 0.340 e. The van der Waals surface area contributed by atoms with Crippen molar-refractivity contribution in [1.82, 2.24) is 0 Å². The Labute approximate surface area is 114 Å². The van der Waals surface area contributed by atoms with Crippen LogP contribution in [0.5, 0.6) is 0 Å². The lowest BCUT2D eigenvalue weighted by Gasteiger charge is -2.11. The minimum Gasteiger partial charge on any atom is -0.467 e. The fourth-order valence-electron chi connectivity index (χ4n) is 1.22. The van der Waals surface area contributed by atoms with Crippen LogP contribution in [0.25, 0.3) is 0 Å². The van der Waals surface area contributed by atoms with Crippen molar-refractivity contribution in [3.8, 4) is 0 Å². The van der Waals surface area contributed by atoms with Gasteiger partial charge < -0.3 is 4.74 Å². The fourth-order valence-corrected chi connectivity index (χ4v) is 2.23. The summed E-state index contributed by atoms with van der Waals surface area (Å²) in [5.74, 6) is -0.925. The third kappa shape index (κ3) is 3.62. The van der Waals surface area contributed by atoms with Crippen LogP contribution in [0.2, 0.25) is 0 Å².